The van der Waals surface area contributed by atoms with Crippen LogP contribution in [0.15, 0.2) is 18.2 Å². The van der Waals surface area contributed by atoms with E-state index in [1.807, 2.05) is 6.92 Å². The molecule has 0 aliphatic rings. The van der Waals surface area contributed by atoms with Crippen LogP contribution >= 0.6 is 0 Å². The van der Waals surface area contributed by atoms with Crippen LogP contribution in [0.4, 0.5) is 8.78 Å². The van der Waals surface area contributed by atoms with Gasteiger partial charge in [0.25, 0.3) is 0 Å². The Bertz CT molecular complexity index is 330. The molecule has 1 aromatic carbocycles. The predicted octanol–water partition coefficient (Wildman–Crippen LogP) is 3.06. The van der Waals surface area contributed by atoms with Crippen molar-refractivity contribution in [2.45, 2.75) is 26.2 Å². The van der Waals surface area contributed by atoms with Gasteiger partial charge in [0.1, 0.15) is 17.4 Å². The second-order valence-corrected chi connectivity index (χ2v) is 3.18. The van der Waals surface area contributed by atoms with Crippen molar-refractivity contribution in [3.8, 4) is 5.75 Å². The molecule has 0 unspecified atom stereocenters. The van der Waals surface area contributed by atoms with Crippen molar-refractivity contribution in [1.29, 1.82) is 0 Å². The molecule has 0 amide bonds. The van der Waals surface area contributed by atoms with Crippen molar-refractivity contribution in [2.75, 3.05) is 0 Å². The third-order valence-corrected chi connectivity index (χ3v) is 1.80. The van der Waals surface area contributed by atoms with Crippen LogP contribution in [0.25, 0.3) is 0 Å². The highest BCUT2D eigenvalue weighted by Crippen LogP contribution is 2.16. The smallest absolute Gasteiger partial charge is 0.311 e. The van der Waals surface area contributed by atoms with Crippen LogP contribution in [-0.2, 0) is 4.79 Å². The van der Waals surface area contributed by atoms with Crippen LogP contribution in [0.3, 0.4) is 0 Å². The van der Waals surface area contributed by atoms with E-state index in [1.165, 1.54) is 0 Å². The number of unbranched alkanes of at least 4 members (excludes halogenated alkanes) is 1. The molecule has 0 atom stereocenters. The molecule has 0 aliphatic heterocycles. The Hall–Kier alpha value is -1.45. The summed E-state index contributed by atoms with van der Waals surface area (Å²) in [6.45, 7) is 1.94. The van der Waals surface area contributed by atoms with Crippen molar-refractivity contribution in [1.82, 2.24) is 0 Å². The van der Waals surface area contributed by atoms with Crippen molar-refractivity contribution in [3.05, 3.63) is 29.8 Å². The first-order valence-electron chi connectivity index (χ1n) is 4.78. The quantitative estimate of drug-likeness (QED) is 0.568. The molecule has 1 rings (SSSR count). The molecule has 2 nitrogen and oxygen atoms in total. The third kappa shape index (κ3) is 4.06. The van der Waals surface area contributed by atoms with E-state index in [0.717, 1.165) is 24.6 Å². The second-order valence-electron chi connectivity index (χ2n) is 3.18. The summed E-state index contributed by atoms with van der Waals surface area (Å²) < 4.78 is 30.2. The number of esters is 1. The number of ether oxygens (including phenoxy) is 1. The number of carbonyl (C=O) groups excluding carboxylic acids is 1. The fourth-order valence-corrected chi connectivity index (χ4v) is 1.09. The molecule has 0 spiro atoms. The van der Waals surface area contributed by atoms with Crippen LogP contribution in [0.5, 0.6) is 5.75 Å². The Balaban J connectivity index is 2.60. The lowest BCUT2D eigenvalue weighted by Gasteiger charge is -2.03. The van der Waals surface area contributed by atoms with Gasteiger partial charge >= 0.3 is 5.97 Å². The molecule has 4 heteroatoms. The highest BCUT2D eigenvalue weighted by molar-refractivity contribution is 5.72. The highest BCUT2D eigenvalue weighted by Gasteiger charge is 2.06. The van der Waals surface area contributed by atoms with E-state index in [4.69, 9.17) is 4.74 Å². The van der Waals surface area contributed by atoms with Gasteiger partial charge in [-0.1, -0.05) is 13.3 Å². The minimum atomic E-state index is -0.756. The van der Waals surface area contributed by atoms with Crippen LogP contribution in [0.1, 0.15) is 26.2 Å². The predicted molar refractivity (Wildman–Crippen MR) is 51.5 cm³/mol. The molecule has 15 heavy (non-hydrogen) atoms. The normalized spacial score (nSPS) is 10.1. The molecule has 0 heterocycles. The molecular formula is C11H12F2O2. The Morgan fingerprint density at radius 2 is 1.87 bits per heavy atom. The van der Waals surface area contributed by atoms with Gasteiger partial charge in [0.15, 0.2) is 0 Å². The largest absolute Gasteiger partial charge is 0.426 e. The van der Waals surface area contributed by atoms with Gasteiger partial charge in [0.2, 0.25) is 0 Å². The van der Waals surface area contributed by atoms with Crippen molar-refractivity contribution in [2.24, 2.45) is 0 Å². The first kappa shape index (κ1) is 11.6. The lowest BCUT2D eigenvalue weighted by Crippen LogP contribution is -2.07. The van der Waals surface area contributed by atoms with E-state index in [-0.39, 0.29) is 12.2 Å². The molecule has 82 valence electrons. The molecule has 0 fully saturated rings. The lowest BCUT2D eigenvalue weighted by molar-refractivity contribution is -0.134. The lowest BCUT2D eigenvalue weighted by atomic mass is 10.2. The minimum Gasteiger partial charge on any atom is -0.426 e. The molecule has 0 N–H and O–H groups in total. The highest BCUT2D eigenvalue weighted by atomic mass is 19.1. The van der Waals surface area contributed by atoms with Gasteiger partial charge in [-0.3, -0.25) is 4.79 Å². The number of rotatable bonds is 4. The molecule has 0 aliphatic carbocycles. The Labute approximate surface area is 86.9 Å². The second kappa shape index (κ2) is 5.44. The molecular weight excluding hydrogens is 202 g/mol. The first-order valence-corrected chi connectivity index (χ1v) is 4.78. The fourth-order valence-electron chi connectivity index (χ4n) is 1.09. The van der Waals surface area contributed by atoms with Crippen molar-refractivity contribution < 1.29 is 18.3 Å². The van der Waals surface area contributed by atoms with Gasteiger partial charge in [-0.25, -0.2) is 8.78 Å². The van der Waals surface area contributed by atoms with E-state index in [0.29, 0.717) is 6.42 Å². The zero-order valence-electron chi connectivity index (χ0n) is 8.43. The summed E-state index contributed by atoms with van der Waals surface area (Å²) in [6, 6.07) is 2.68. The summed E-state index contributed by atoms with van der Waals surface area (Å²) in [5.41, 5.74) is 0. The van der Waals surface area contributed by atoms with Crippen LogP contribution in [0.2, 0.25) is 0 Å². The minimum absolute atomic E-state index is 0.0893. The molecule has 0 aromatic heterocycles. The Kier molecular flexibility index (Phi) is 4.21. The van der Waals surface area contributed by atoms with E-state index >= 15 is 0 Å². The van der Waals surface area contributed by atoms with Crippen LogP contribution < -0.4 is 4.74 Å². The Morgan fingerprint density at radius 3 is 2.40 bits per heavy atom. The average molecular weight is 214 g/mol. The van der Waals surface area contributed by atoms with Crippen LogP contribution in [0, 0.1) is 11.6 Å². The zero-order valence-corrected chi connectivity index (χ0v) is 8.43. The number of benzene rings is 1. The average Bonchev–Trinajstić information content (AvgIpc) is 2.13. The van der Waals surface area contributed by atoms with Gasteiger partial charge < -0.3 is 4.74 Å². The summed E-state index contributed by atoms with van der Waals surface area (Å²) in [5, 5.41) is 0. The fraction of sp³-hybridized carbons (Fsp3) is 0.364. The number of carbonyl (C=O) groups is 1. The summed E-state index contributed by atoms with van der Waals surface area (Å²) in [6.07, 6.45) is 1.83. The number of hydrogen-bond acceptors (Lipinski definition) is 2. The summed E-state index contributed by atoms with van der Waals surface area (Å²) in [5.74, 6) is -2.07. The van der Waals surface area contributed by atoms with E-state index in [2.05, 4.69) is 0 Å². The molecule has 0 saturated heterocycles. The maximum absolute atomic E-state index is 12.7. The Morgan fingerprint density at radius 1 is 1.27 bits per heavy atom. The summed E-state index contributed by atoms with van der Waals surface area (Å²) in [4.78, 5) is 11.1. The monoisotopic (exact) mass is 214 g/mol. The molecule has 1 aromatic rings. The number of halogens is 2. The van der Waals surface area contributed by atoms with Crippen molar-refractivity contribution in [3.63, 3.8) is 0 Å². The van der Waals surface area contributed by atoms with Gasteiger partial charge in [0, 0.05) is 24.6 Å². The van der Waals surface area contributed by atoms with Gasteiger partial charge in [0.05, 0.1) is 0 Å². The SMILES string of the molecule is CCCCC(=O)Oc1cc(F)cc(F)c1. The topological polar surface area (TPSA) is 26.3 Å². The maximum Gasteiger partial charge on any atom is 0.311 e. The zero-order chi connectivity index (χ0) is 11.3. The van der Waals surface area contributed by atoms with E-state index in [9.17, 15) is 13.6 Å². The van der Waals surface area contributed by atoms with Gasteiger partial charge in [-0.2, -0.15) is 0 Å². The van der Waals surface area contributed by atoms with E-state index < -0.39 is 17.6 Å². The molecule has 0 bridgehead atoms. The maximum atomic E-state index is 12.7. The standard InChI is InChI=1S/C11H12F2O2/c1-2-3-4-11(14)15-10-6-8(12)5-9(13)7-10/h5-7H,2-4H2,1H3. The van der Waals surface area contributed by atoms with Gasteiger partial charge in [-0.05, 0) is 6.42 Å². The van der Waals surface area contributed by atoms with Crippen LogP contribution in [-0.4, -0.2) is 5.97 Å². The van der Waals surface area contributed by atoms with Gasteiger partial charge in [-0.15, -0.1) is 0 Å². The third-order valence-electron chi connectivity index (χ3n) is 1.80. The van der Waals surface area contributed by atoms with Crippen molar-refractivity contribution >= 4 is 5.97 Å². The molecule has 0 radical (unpaired) electrons. The summed E-state index contributed by atoms with van der Waals surface area (Å²) in [7, 11) is 0. The first-order chi connectivity index (χ1) is 7.11. The summed E-state index contributed by atoms with van der Waals surface area (Å²) >= 11 is 0. The number of hydrogen-bond donors (Lipinski definition) is 0. The molecule has 0 saturated carbocycles. The van der Waals surface area contributed by atoms with E-state index in [1.54, 1.807) is 0 Å².